The van der Waals surface area contributed by atoms with Gasteiger partial charge in [-0.05, 0) is 35.7 Å². The first kappa shape index (κ1) is 37.4. The molecule has 0 saturated carbocycles. The van der Waals surface area contributed by atoms with Crippen LogP contribution in [0.25, 0.3) is 0 Å². The Morgan fingerprint density at radius 3 is 2.09 bits per heavy atom. The van der Waals surface area contributed by atoms with Gasteiger partial charge in [0.05, 0.1) is 0 Å². The molecule has 7 amide bonds. The predicted molar refractivity (Wildman–Crippen MR) is 194 cm³/mol. The van der Waals surface area contributed by atoms with Crippen molar-refractivity contribution in [1.29, 1.82) is 0 Å². The lowest BCUT2D eigenvalue weighted by molar-refractivity contribution is -0.155. The van der Waals surface area contributed by atoms with E-state index < -0.39 is 65.3 Å². The summed E-state index contributed by atoms with van der Waals surface area (Å²) in [5.74, 6) is -4.11. The quantitative estimate of drug-likeness (QED) is 0.0956. The number of rotatable bonds is 11. The van der Waals surface area contributed by atoms with E-state index in [0.29, 0.717) is 16.8 Å². The summed E-state index contributed by atoms with van der Waals surface area (Å²) in [6, 6.07) is 20.5. The molecule has 3 atom stereocenters. The fourth-order valence-corrected chi connectivity index (χ4v) is 7.61. The van der Waals surface area contributed by atoms with Gasteiger partial charge in [0.2, 0.25) is 5.91 Å². The zero-order chi connectivity index (χ0) is 38.5. The number of β-lactam (4-membered cyclic amide) rings is 1. The second-order valence-corrected chi connectivity index (χ2v) is 13.6. The normalized spacial score (nSPS) is 18.8. The molecule has 3 aliphatic heterocycles. The number of likely N-dealkylation sites (N-methyl/N-ethyl adjacent to an activating group) is 1. The van der Waals surface area contributed by atoms with E-state index in [4.69, 9.17) is 20.9 Å². The number of esters is 1. The average Bonchev–Trinajstić information content (AvgIpc) is 3.18. The van der Waals surface area contributed by atoms with Crippen molar-refractivity contribution in [3.8, 4) is 0 Å². The van der Waals surface area contributed by atoms with Gasteiger partial charge in [0.1, 0.15) is 29.8 Å². The van der Waals surface area contributed by atoms with Crippen LogP contribution in [-0.4, -0.2) is 99.8 Å². The monoisotopic (exact) mass is 755 g/mol. The van der Waals surface area contributed by atoms with Crippen molar-refractivity contribution in [3.05, 3.63) is 113 Å². The minimum atomic E-state index is -1.42. The number of amides is 7. The van der Waals surface area contributed by atoms with Crippen molar-refractivity contribution in [2.75, 3.05) is 37.7 Å². The number of benzene rings is 3. The van der Waals surface area contributed by atoms with Crippen molar-refractivity contribution >= 4 is 59.2 Å². The zero-order valence-corrected chi connectivity index (χ0v) is 29.8. The molecule has 280 valence electrons. The topological polar surface area (TPSA) is 224 Å². The summed E-state index contributed by atoms with van der Waals surface area (Å²) < 4.78 is 11.1. The maximum Gasteiger partial charge on any atom is 0.404 e. The fourth-order valence-electron chi connectivity index (χ4n) is 6.28. The number of imide groups is 1. The lowest BCUT2D eigenvalue weighted by Crippen LogP contribution is -2.71. The second kappa shape index (κ2) is 16.1. The van der Waals surface area contributed by atoms with Crippen LogP contribution in [0.1, 0.15) is 35.8 Å². The van der Waals surface area contributed by atoms with Gasteiger partial charge >= 0.3 is 29.9 Å². The Balaban J connectivity index is 1.24. The van der Waals surface area contributed by atoms with E-state index in [1.54, 1.807) is 55.5 Å². The van der Waals surface area contributed by atoms with Crippen LogP contribution in [0.2, 0.25) is 0 Å². The van der Waals surface area contributed by atoms with Crippen molar-refractivity contribution < 1.29 is 43.0 Å². The standard InChI is InChI=1S/C37H37N7O9S/c1-2-42-17-18-43(33(48)32(42)47)37(51)41-26(21-13-15-25(38)16-14-21)30(45)40-27-31(46)44-28(24(19-52-36(39)50)20-54-34(27)44)35(49)53-29(22-9-5-3-6-10-22)23-11-7-4-8-12-23/h3-16,26-27,29,34H,2,17-20,38H2,1H3,(H2,39,50)(H,40,45)(H,41,51)/t26-,27-,34-/m1/s1. The number of anilines is 1. The third-order valence-electron chi connectivity index (χ3n) is 9.09. The number of fused-ring (bicyclic) bond motifs is 1. The van der Waals surface area contributed by atoms with Crippen LogP contribution in [-0.2, 0) is 33.4 Å². The Bertz CT molecular complexity index is 1960. The van der Waals surface area contributed by atoms with Gasteiger partial charge in [-0.25, -0.2) is 14.4 Å². The predicted octanol–water partition coefficient (Wildman–Crippen LogP) is 1.79. The number of carbonyl (C=O) groups is 7. The van der Waals surface area contributed by atoms with Gasteiger partial charge in [-0.2, -0.15) is 0 Å². The average molecular weight is 756 g/mol. The molecule has 0 radical (unpaired) electrons. The molecule has 0 unspecified atom stereocenters. The Hall–Kier alpha value is -6.36. The van der Waals surface area contributed by atoms with Crippen LogP contribution in [0.5, 0.6) is 0 Å². The maximum atomic E-state index is 14.1. The molecule has 0 spiro atoms. The molecule has 3 aromatic carbocycles. The SMILES string of the molecule is CCN1CCN(C(=O)N[C@@H](C(=O)N[C@@H]2C(=O)N3C(C(=O)OC(c4ccccc4)c4ccccc4)=C(COC(N)=O)CS[C@H]23)c2ccc(N)cc2)C(=O)C1=O. The summed E-state index contributed by atoms with van der Waals surface area (Å²) in [4.78, 5) is 95.3. The number of nitrogens with two attached hydrogens (primary N) is 2. The number of nitrogens with zero attached hydrogens (tertiary/aromatic N) is 3. The van der Waals surface area contributed by atoms with E-state index in [1.807, 2.05) is 12.1 Å². The van der Waals surface area contributed by atoms with Gasteiger partial charge in [-0.1, -0.05) is 72.8 Å². The Morgan fingerprint density at radius 1 is 0.870 bits per heavy atom. The van der Waals surface area contributed by atoms with Crippen molar-refractivity contribution in [3.63, 3.8) is 0 Å². The first-order valence-electron chi connectivity index (χ1n) is 16.9. The van der Waals surface area contributed by atoms with Crippen LogP contribution in [0.15, 0.2) is 96.2 Å². The molecular formula is C37H37N7O9S. The van der Waals surface area contributed by atoms with Gasteiger partial charge in [0, 0.05) is 36.6 Å². The van der Waals surface area contributed by atoms with Gasteiger partial charge in [0.15, 0.2) is 6.10 Å². The highest BCUT2D eigenvalue weighted by Gasteiger charge is 2.55. The highest BCUT2D eigenvalue weighted by atomic mass is 32.2. The Labute approximate surface area is 313 Å². The van der Waals surface area contributed by atoms with E-state index in [-0.39, 0.29) is 48.8 Å². The van der Waals surface area contributed by atoms with Crippen molar-refractivity contribution in [1.82, 2.24) is 25.3 Å². The smallest absolute Gasteiger partial charge is 0.404 e. The Morgan fingerprint density at radius 2 is 1.50 bits per heavy atom. The lowest BCUT2D eigenvalue weighted by Gasteiger charge is -2.50. The maximum absolute atomic E-state index is 14.1. The lowest BCUT2D eigenvalue weighted by atomic mass is 10.00. The third kappa shape index (κ3) is 7.71. The van der Waals surface area contributed by atoms with Crippen LogP contribution >= 0.6 is 11.8 Å². The molecule has 3 aromatic rings. The molecule has 17 heteroatoms. The van der Waals surface area contributed by atoms with Gasteiger partial charge in [-0.3, -0.25) is 29.0 Å². The summed E-state index contributed by atoms with van der Waals surface area (Å²) in [6.45, 7) is 1.65. The van der Waals surface area contributed by atoms with Crippen LogP contribution in [0.4, 0.5) is 15.3 Å². The molecule has 6 rings (SSSR count). The van der Waals surface area contributed by atoms with E-state index in [2.05, 4.69) is 10.6 Å². The fraction of sp³-hybridized carbons (Fsp3) is 0.270. The first-order valence-corrected chi connectivity index (χ1v) is 18.0. The highest BCUT2D eigenvalue weighted by Crippen LogP contribution is 2.42. The van der Waals surface area contributed by atoms with Crippen LogP contribution in [0.3, 0.4) is 0 Å². The first-order chi connectivity index (χ1) is 26.0. The molecule has 3 aliphatic rings. The molecule has 2 saturated heterocycles. The molecule has 0 bridgehead atoms. The van der Waals surface area contributed by atoms with Crippen molar-refractivity contribution in [2.45, 2.75) is 30.5 Å². The van der Waals surface area contributed by atoms with E-state index >= 15 is 0 Å². The van der Waals surface area contributed by atoms with Crippen LogP contribution in [0, 0.1) is 0 Å². The largest absolute Gasteiger partial charge is 0.448 e. The number of thioether (sulfide) groups is 1. The molecule has 3 heterocycles. The number of hydrogen-bond donors (Lipinski definition) is 4. The Kier molecular flexibility index (Phi) is 11.2. The summed E-state index contributed by atoms with van der Waals surface area (Å²) >= 11 is 1.20. The number of nitrogens with one attached hydrogen (secondary N) is 2. The van der Waals surface area contributed by atoms with E-state index in [0.717, 1.165) is 4.90 Å². The minimum Gasteiger partial charge on any atom is -0.448 e. The van der Waals surface area contributed by atoms with E-state index in [1.165, 1.54) is 45.8 Å². The molecule has 0 aliphatic carbocycles. The number of primary amides is 1. The second-order valence-electron chi connectivity index (χ2n) is 12.5. The summed E-state index contributed by atoms with van der Waals surface area (Å²) in [7, 11) is 0. The number of nitrogen functional groups attached to an aromatic ring is 1. The summed E-state index contributed by atoms with van der Waals surface area (Å²) in [5, 5.41) is 4.42. The number of urea groups is 1. The van der Waals surface area contributed by atoms with Crippen molar-refractivity contribution in [2.24, 2.45) is 5.73 Å². The number of hydrogen-bond acceptors (Lipinski definition) is 11. The molecular weight excluding hydrogens is 719 g/mol. The number of ether oxygens (including phenoxy) is 2. The minimum absolute atomic E-state index is 0.0858. The summed E-state index contributed by atoms with van der Waals surface area (Å²) in [6.07, 6.45) is -1.94. The van der Waals surface area contributed by atoms with Gasteiger partial charge in [-0.15, -0.1) is 11.8 Å². The molecule has 2 fully saturated rings. The molecule has 54 heavy (non-hydrogen) atoms. The zero-order valence-electron chi connectivity index (χ0n) is 29.0. The van der Waals surface area contributed by atoms with Crippen LogP contribution < -0.4 is 22.1 Å². The number of piperazine rings is 1. The highest BCUT2D eigenvalue weighted by molar-refractivity contribution is 8.00. The molecule has 16 nitrogen and oxygen atoms in total. The number of carbonyl (C=O) groups excluding carboxylic acids is 7. The molecule has 6 N–H and O–H groups in total. The third-order valence-corrected chi connectivity index (χ3v) is 10.4. The summed E-state index contributed by atoms with van der Waals surface area (Å²) in [5.41, 5.74) is 13.2. The molecule has 0 aromatic heterocycles. The van der Waals surface area contributed by atoms with E-state index in [9.17, 15) is 33.6 Å². The van der Waals surface area contributed by atoms with Gasteiger partial charge < -0.3 is 36.5 Å². The van der Waals surface area contributed by atoms with Gasteiger partial charge in [0.25, 0.3) is 5.91 Å².